The average molecular weight is 261 g/mol. The number of halogens is 1. The Morgan fingerprint density at radius 2 is 2.16 bits per heavy atom. The van der Waals surface area contributed by atoms with Gasteiger partial charge in [-0.3, -0.25) is 0 Å². The number of ether oxygens (including phenoxy) is 1. The summed E-state index contributed by atoms with van der Waals surface area (Å²) in [5.74, 6) is -1.57. The number of aromatic nitrogens is 1. The van der Waals surface area contributed by atoms with Crippen LogP contribution in [0.25, 0.3) is 0 Å². The second kappa shape index (κ2) is 5.48. The summed E-state index contributed by atoms with van der Waals surface area (Å²) in [6.07, 6.45) is 2.55. The molecule has 0 aliphatic rings. The molecule has 0 radical (unpaired) electrons. The Balaban J connectivity index is 2.22. The van der Waals surface area contributed by atoms with Gasteiger partial charge in [-0.15, -0.1) is 0 Å². The lowest BCUT2D eigenvalue weighted by molar-refractivity contribution is 0.0691. The van der Waals surface area contributed by atoms with E-state index in [1.54, 1.807) is 12.3 Å². The van der Waals surface area contributed by atoms with Gasteiger partial charge in [0.2, 0.25) is 5.88 Å². The van der Waals surface area contributed by atoms with Crippen molar-refractivity contribution in [3.8, 4) is 11.6 Å². The van der Waals surface area contributed by atoms with Gasteiger partial charge in [0.25, 0.3) is 0 Å². The molecule has 5 heteroatoms. The molecule has 1 aromatic heterocycles. The Labute approximate surface area is 109 Å². The van der Waals surface area contributed by atoms with E-state index in [-0.39, 0.29) is 5.75 Å². The predicted octanol–water partition coefficient (Wildman–Crippen LogP) is 3.27. The van der Waals surface area contributed by atoms with Crippen LogP contribution in [0.2, 0.25) is 0 Å². The van der Waals surface area contributed by atoms with Crippen molar-refractivity contribution in [2.45, 2.75) is 13.3 Å². The third-order valence-electron chi connectivity index (χ3n) is 2.60. The molecule has 0 bridgehead atoms. The van der Waals surface area contributed by atoms with Crippen molar-refractivity contribution < 1.29 is 19.0 Å². The zero-order valence-corrected chi connectivity index (χ0v) is 10.3. The van der Waals surface area contributed by atoms with Gasteiger partial charge in [-0.25, -0.2) is 14.2 Å². The monoisotopic (exact) mass is 261 g/mol. The quantitative estimate of drug-likeness (QED) is 0.917. The molecular weight excluding hydrogens is 249 g/mol. The fourth-order valence-corrected chi connectivity index (χ4v) is 1.53. The molecule has 0 amide bonds. The number of carboxylic acids is 1. The number of carbonyl (C=O) groups is 1. The molecule has 1 N–H and O–H groups in total. The number of nitrogens with zero attached hydrogens (tertiary/aromatic N) is 1. The minimum absolute atomic E-state index is 0.232. The average Bonchev–Trinajstić information content (AvgIpc) is 2.41. The molecule has 0 saturated carbocycles. The van der Waals surface area contributed by atoms with Crippen molar-refractivity contribution >= 4 is 5.97 Å². The highest BCUT2D eigenvalue weighted by Gasteiger charge is 2.11. The van der Waals surface area contributed by atoms with E-state index in [1.165, 1.54) is 6.07 Å². The summed E-state index contributed by atoms with van der Waals surface area (Å²) in [5.41, 5.74) is 0.639. The van der Waals surface area contributed by atoms with Gasteiger partial charge in [-0.1, -0.05) is 13.0 Å². The summed E-state index contributed by atoms with van der Waals surface area (Å²) < 4.78 is 18.6. The molecule has 1 aromatic carbocycles. The number of pyridine rings is 1. The first-order chi connectivity index (χ1) is 9.10. The van der Waals surface area contributed by atoms with Crippen molar-refractivity contribution in [2.75, 3.05) is 0 Å². The molecule has 0 aliphatic carbocycles. The maximum atomic E-state index is 13.2. The third-order valence-corrected chi connectivity index (χ3v) is 2.60. The van der Waals surface area contributed by atoms with E-state index < -0.39 is 17.3 Å². The molecule has 19 heavy (non-hydrogen) atoms. The summed E-state index contributed by atoms with van der Waals surface area (Å²) in [4.78, 5) is 14.9. The van der Waals surface area contributed by atoms with Crippen LogP contribution in [0.5, 0.6) is 11.6 Å². The van der Waals surface area contributed by atoms with Gasteiger partial charge < -0.3 is 9.84 Å². The van der Waals surface area contributed by atoms with E-state index in [1.807, 2.05) is 13.0 Å². The zero-order valence-electron chi connectivity index (χ0n) is 10.3. The first-order valence-corrected chi connectivity index (χ1v) is 5.75. The van der Waals surface area contributed by atoms with E-state index in [0.29, 0.717) is 5.88 Å². The Hall–Kier alpha value is -2.43. The third kappa shape index (κ3) is 3.07. The highest BCUT2D eigenvalue weighted by molar-refractivity contribution is 5.88. The number of rotatable bonds is 4. The first-order valence-electron chi connectivity index (χ1n) is 5.75. The van der Waals surface area contributed by atoms with Crippen LogP contribution in [-0.2, 0) is 6.42 Å². The highest BCUT2D eigenvalue weighted by atomic mass is 19.1. The van der Waals surface area contributed by atoms with Crippen LogP contribution in [0.1, 0.15) is 22.8 Å². The number of hydrogen-bond donors (Lipinski definition) is 1. The van der Waals surface area contributed by atoms with E-state index >= 15 is 0 Å². The van der Waals surface area contributed by atoms with E-state index in [9.17, 15) is 9.18 Å². The van der Waals surface area contributed by atoms with Crippen molar-refractivity contribution in [2.24, 2.45) is 0 Å². The minimum Gasteiger partial charge on any atom is -0.478 e. The number of hydrogen-bond acceptors (Lipinski definition) is 3. The van der Waals surface area contributed by atoms with Crippen molar-refractivity contribution in [3.05, 3.63) is 53.5 Å². The lowest BCUT2D eigenvalue weighted by Crippen LogP contribution is -2.00. The molecule has 0 atom stereocenters. The lowest BCUT2D eigenvalue weighted by Gasteiger charge is -2.06. The van der Waals surface area contributed by atoms with Crippen LogP contribution in [0.3, 0.4) is 0 Å². The molecule has 2 aromatic rings. The van der Waals surface area contributed by atoms with Crippen LogP contribution in [-0.4, -0.2) is 16.1 Å². The minimum atomic E-state index is -1.34. The summed E-state index contributed by atoms with van der Waals surface area (Å²) in [6, 6.07) is 7.09. The molecule has 2 rings (SSSR count). The Bertz CT molecular complexity index is 596. The number of benzene rings is 1. The second-order valence-electron chi connectivity index (χ2n) is 3.91. The van der Waals surface area contributed by atoms with Gasteiger partial charge in [-0.2, -0.15) is 0 Å². The van der Waals surface area contributed by atoms with Gasteiger partial charge in [0.15, 0.2) is 0 Å². The van der Waals surface area contributed by atoms with Crippen LogP contribution in [0.15, 0.2) is 36.5 Å². The topological polar surface area (TPSA) is 59.4 Å². The van der Waals surface area contributed by atoms with Crippen LogP contribution in [0, 0.1) is 5.82 Å². The summed E-state index contributed by atoms with van der Waals surface area (Å²) >= 11 is 0. The van der Waals surface area contributed by atoms with Crippen LogP contribution < -0.4 is 4.74 Å². The molecule has 0 fully saturated rings. The van der Waals surface area contributed by atoms with Gasteiger partial charge >= 0.3 is 5.97 Å². The molecule has 0 spiro atoms. The fourth-order valence-electron chi connectivity index (χ4n) is 1.53. The summed E-state index contributed by atoms with van der Waals surface area (Å²) in [7, 11) is 0. The Morgan fingerprint density at radius 1 is 1.37 bits per heavy atom. The van der Waals surface area contributed by atoms with E-state index in [0.717, 1.165) is 24.1 Å². The van der Waals surface area contributed by atoms with Crippen molar-refractivity contribution in [1.82, 2.24) is 4.98 Å². The zero-order chi connectivity index (χ0) is 13.8. The number of aromatic carboxylic acids is 1. The molecule has 0 saturated heterocycles. The predicted molar refractivity (Wildman–Crippen MR) is 67.0 cm³/mol. The van der Waals surface area contributed by atoms with Gasteiger partial charge in [0.05, 0.1) is 5.56 Å². The Kier molecular flexibility index (Phi) is 3.75. The van der Waals surface area contributed by atoms with Crippen LogP contribution in [0.4, 0.5) is 4.39 Å². The van der Waals surface area contributed by atoms with Gasteiger partial charge in [0.1, 0.15) is 11.6 Å². The maximum Gasteiger partial charge on any atom is 0.338 e. The van der Waals surface area contributed by atoms with E-state index in [2.05, 4.69) is 4.98 Å². The second-order valence-corrected chi connectivity index (χ2v) is 3.91. The Morgan fingerprint density at radius 3 is 2.74 bits per heavy atom. The number of carboxylic acid groups (broad SMARTS) is 1. The van der Waals surface area contributed by atoms with Crippen LogP contribution >= 0.6 is 0 Å². The maximum absolute atomic E-state index is 13.2. The smallest absolute Gasteiger partial charge is 0.338 e. The molecular formula is C14H12FNO3. The largest absolute Gasteiger partial charge is 0.478 e. The lowest BCUT2D eigenvalue weighted by atomic mass is 10.2. The summed E-state index contributed by atoms with van der Waals surface area (Å²) in [5, 5.41) is 8.81. The molecule has 0 aliphatic heterocycles. The number of aryl methyl sites for hydroxylation is 1. The van der Waals surface area contributed by atoms with Gasteiger partial charge in [0, 0.05) is 12.3 Å². The highest BCUT2D eigenvalue weighted by Crippen LogP contribution is 2.22. The normalized spacial score (nSPS) is 10.2. The van der Waals surface area contributed by atoms with Gasteiger partial charge in [-0.05, 0) is 30.2 Å². The molecule has 98 valence electrons. The molecule has 4 nitrogen and oxygen atoms in total. The SMILES string of the molecule is CCc1ccc(Oc2ccc(F)c(C(=O)O)c2)nc1. The molecule has 0 unspecified atom stereocenters. The summed E-state index contributed by atoms with van der Waals surface area (Å²) in [6.45, 7) is 2.01. The van der Waals surface area contributed by atoms with Crippen molar-refractivity contribution in [3.63, 3.8) is 0 Å². The first kappa shape index (κ1) is 13.0. The fraction of sp³-hybridized carbons (Fsp3) is 0.143. The van der Waals surface area contributed by atoms with Crippen molar-refractivity contribution in [1.29, 1.82) is 0 Å². The van der Waals surface area contributed by atoms with E-state index in [4.69, 9.17) is 9.84 Å². The molecule has 1 heterocycles. The standard InChI is InChI=1S/C14H12FNO3/c1-2-9-3-6-13(16-8-9)19-10-4-5-12(15)11(7-10)14(17)18/h3-8H,2H2,1H3,(H,17,18).